The molecule has 35 heavy (non-hydrogen) atoms. The second kappa shape index (κ2) is 13.3. The molecule has 0 heterocycles. The highest BCUT2D eigenvalue weighted by Crippen LogP contribution is 2.24. The van der Waals surface area contributed by atoms with Gasteiger partial charge < -0.3 is 10.2 Å². The summed E-state index contributed by atoms with van der Waals surface area (Å²) in [5, 5.41) is 4.00. The van der Waals surface area contributed by atoms with E-state index < -0.39 is 6.04 Å². The van der Waals surface area contributed by atoms with Gasteiger partial charge in [0.1, 0.15) is 6.04 Å². The van der Waals surface area contributed by atoms with Crippen LogP contribution in [0.15, 0.2) is 72.8 Å². The standard InChI is InChI=1S/C29H32Cl2N2O2/c1-3-4-16-32-29(35)27(17-22-11-6-5-7-12-22)33(20-24-13-9-8-10-21(24)2)28(34)18-23-14-15-25(30)19-26(23)31/h5-15,19,27H,3-4,16-18,20H2,1-2H3,(H,32,35). The fourth-order valence-electron chi connectivity index (χ4n) is 3.96. The maximum absolute atomic E-state index is 13.8. The SMILES string of the molecule is CCCCNC(=O)C(Cc1ccccc1)N(Cc1ccccc1C)C(=O)Cc1ccc(Cl)cc1Cl. The van der Waals surface area contributed by atoms with Crippen LogP contribution < -0.4 is 5.32 Å². The molecule has 1 unspecified atom stereocenters. The minimum atomic E-state index is -0.660. The number of hydrogen-bond donors (Lipinski definition) is 1. The molecule has 1 atom stereocenters. The normalized spacial score (nSPS) is 11.7. The summed E-state index contributed by atoms with van der Waals surface area (Å²) in [5.74, 6) is -0.310. The Balaban J connectivity index is 1.97. The molecule has 3 aromatic rings. The molecule has 0 aliphatic carbocycles. The van der Waals surface area contributed by atoms with Gasteiger partial charge in [-0.2, -0.15) is 0 Å². The zero-order valence-electron chi connectivity index (χ0n) is 20.3. The van der Waals surface area contributed by atoms with Crippen LogP contribution in [0.25, 0.3) is 0 Å². The lowest BCUT2D eigenvalue weighted by Gasteiger charge is -2.32. The Labute approximate surface area is 218 Å². The molecule has 3 rings (SSSR count). The first kappa shape index (κ1) is 26.8. The molecular weight excluding hydrogens is 479 g/mol. The van der Waals surface area contributed by atoms with Gasteiger partial charge in [-0.3, -0.25) is 9.59 Å². The van der Waals surface area contributed by atoms with Gasteiger partial charge in [-0.05, 0) is 47.7 Å². The fraction of sp³-hybridized carbons (Fsp3) is 0.310. The molecule has 0 aliphatic rings. The van der Waals surface area contributed by atoms with Crippen LogP contribution in [0.4, 0.5) is 0 Å². The molecule has 0 aromatic heterocycles. The average molecular weight is 511 g/mol. The number of rotatable bonds is 11. The number of carbonyl (C=O) groups is 2. The Bertz CT molecular complexity index is 1130. The predicted octanol–water partition coefficient (Wildman–Crippen LogP) is 6.40. The van der Waals surface area contributed by atoms with Crippen LogP contribution in [0, 0.1) is 6.92 Å². The quantitative estimate of drug-likeness (QED) is 0.303. The number of carbonyl (C=O) groups excluding carboxylic acids is 2. The molecule has 0 bridgehead atoms. The van der Waals surface area contributed by atoms with Crippen LogP contribution in [-0.2, 0) is 29.0 Å². The van der Waals surface area contributed by atoms with Gasteiger partial charge in [0.25, 0.3) is 0 Å². The lowest BCUT2D eigenvalue weighted by Crippen LogP contribution is -2.51. The lowest BCUT2D eigenvalue weighted by molar-refractivity contribution is -0.140. The third-order valence-corrected chi connectivity index (χ3v) is 6.65. The molecule has 0 saturated carbocycles. The summed E-state index contributed by atoms with van der Waals surface area (Å²) in [6.45, 7) is 5.00. The smallest absolute Gasteiger partial charge is 0.243 e. The molecule has 4 nitrogen and oxygen atoms in total. The van der Waals surface area contributed by atoms with Crippen molar-refractivity contribution in [3.63, 3.8) is 0 Å². The molecule has 0 saturated heterocycles. The monoisotopic (exact) mass is 510 g/mol. The topological polar surface area (TPSA) is 49.4 Å². The molecule has 0 spiro atoms. The van der Waals surface area contributed by atoms with Crippen LogP contribution in [0.3, 0.4) is 0 Å². The highest BCUT2D eigenvalue weighted by molar-refractivity contribution is 6.35. The first-order valence-corrected chi connectivity index (χ1v) is 12.7. The zero-order valence-corrected chi connectivity index (χ0v) is 21.8. The van der Waals surface area contributed by atoms with Crippen LogP contribution in [0.2, 0.25) is 10.0 Å². The van der Waals surface area contributed by atoms with Crippen molar-refractivity contribution in [1.82, 2.24) is 10.2 Å². The lowest BCUT2D eigenvalue weighted by atomic mass is 10.0. The van der Waals surface area contributed by atoms with Gasteiger partial charge in [-0.25, -0.2) is 0 Å². The Morgan fingerprint density at radius 2 is 1.66 bits per heavy atom. The first-order valence-electron chi connectivity index (χ1n) is 12.0. The maximum Gasteiger partial charge on any atom is 0.243 e. The van der Waals surface area contributed by atoms with E-state index in [-0.39, 0.29) is 18.2 Å². The van der Waals surface area contributed by atoms with E-state index in [9.17, 15) is 9.59 Å². The summed E-state index contributed by atoms with van der Waals surface area (Å²) >= 11 is 12.4. The number of hydrogen-bond acceptors (Lipinski definition) is 2. The van der Waals surface area contributed by atoms with E-state index in [2.05, 4.69) is 12.2 Å². The van der Waals surface area contributed by atoms with Crippen molar-refractivity contribution >= 4 is 35.0 Å². The molecular formula is C29H32Cl2N2O2. The van der Waals surface area contributed by atoms with Crippen molar-refractivity contribution in [2.75, 3.05) is 6.54 Å². The van der Waals surface area contributed by atoms with Crippen LogP contribution in [-0.4, -0.2) is 29.3 Å². The Hall–Kier alpha value is -2.82. The van der Waals surface area contributed by atoms with Gasteiger partial charge in [0, 0.05) is 29.6 Å². The van der Waals surface area contributed by atoms with E-state index in [1.165, 1.54) is 0 Å². The second-order valence-electron chi connectivity index (χ2n) is 8.71. The average Bonchev–Trinajstić information content (AvgIpc) is 2.84. The number of nitrogens with zero attached hydrogens (tertiary/aromatic N) is 1. The van der Waals surface area contributed by atoms with Gasteiger partial charge in [0.15, 0.2) is 0 Å². The van der Waals surface area contributed by atoms with Crippen molar-refractivity contribution in [2.24, 2.45) is 0 Å². The molecule has 1 N–H and O–H groups in total. The van der Waals surface area contributed by atoms with Crippen molar-refractivity contribution in [1.29, 1.82) is 0 Å². The van der Waals surface area contributed by atoms with Gasteiger partial charge >= 0.3 is 0 Å². The molecule has 0 fully saturated rings. The number of benzene rings is 3. The molecule has 6 heteroatoms. The van der Waals surface area contributed by atoms with Crippen LogP contribution in [0.5, 0.6) is 0 Å². The number of amides is 2. The summed E-state index contributed by atoms with van der Waals surface area (Å²) in [5.41, 5.74) is 3.75. The Morgan fingerprint density at radius 1 is 0.943 bits per heavy atom. The molecule has 3 aromatic carbocycles. The van der Waals surface area contributed by atoms with E-state index in [4.69, 9.17) is 23.2 Å². The van der Waals surface area contributed by atoms with Gasteiger partial charge in [0.2, 0.25) is 11.8 Å². The molecule has 2 amide bonds. The van der Waals surface area contributed by atoms with Crippen molar-refractivity contribution in [3.8, 4) is 0 Å². The summed E-state index contributed by atoms with van der Waals surface area (Å²) in [7, 11) is 0. The third-order valence-electron chi connectivity index (χ3n) is 6.06. The number of unbranched alkanes of at least 4 members (excludes halogenated alkanes) is 1. The fourth-order valence-corrected chi connectivity index (χ4v) is 4.44. The number of halogens is 2. The predicted molar refractivity (Wildman–Crippen MR) is 144 cm³/mol. The summed E-state index contributed by atoms with van der Waals surface area (Å²) < 4.78 is 0. The van der Waals surface area contributed by atoms with Crippen molar-refractivity contribution < 1.29 is 9.59 Å². The molecule has 184 valence electrons. The molecule has 0 aliphatic heterocycles. The van der Waals surface area contributed by atoms with E-state index in [0.29, 0.717) is 35.1 Å². The summed E-state index contributed by atoms with van der Waals surface area (Å²) in [6, 6.07) is 22.2. The largest absolute Gasteiger partial charge is 0.354 e. The first-order chi connectivity index (χ1) is 16.9. The Morgan fingerprint density at radius 3 is 2.34 bits per heavy atom. The van der Waals surface area contributed by atoms with Crippen LogP contribution >= 0.6 is 23.2 Å². The van der Waals surface area contributed by atoms with Crippen LogP contribution in [0.1, 0.15) is 42.0 Å². The van der Waals surface area contributed by atoms with Gasteiger partial charge in [-0.15, -0.1) is 0 Å². The summed E-state index contributed by atoms with van der Waals surface area (Å²) in [6.07, 6.45) is 2.36. The van der Waals surface area contributed by atoms with Gasteiger partial charge in [0.05, 0.1) is 6.42 Å². The highest BCUT2D eigenvalue weighted by atomic mass is 35.5. The minimum Gasteiger partial charge on any atom is -0.354 e. The Kier molecular flexibility index (Phi) is 10.2. The van der Waals surface area contributed by atoms with E-state index in [0.717, 1.165) is 29.5 Å². The van der Waals surface area contributed by atoms with Crippen molar-refractivity contribution in [2.45, 2.75) is 52.1 Å². The number of aryl methyl sites for hydroxylation is 1. The number of nitrogens with one attached hydrogen (secondary N) is 1. The van der Waals surface area contributed by atoms with Gasteiger partial charge in [-0.1, -0.05) is 97.2 Å². The minimum absolute atomic E-state index is 0.0788. The maximum atomic E-state index is 13.8. The van der Waals surface area contributed by atoms with E-state index in [1.807, 2.05) is 61.5 Å². The third kappa shape index (κ3) is 7.84. The second-order valence-corrected chi connectivity index (χ2v) is 9.55. The van der Waals surface area contributed by atoms with E-state index in [1.54, 1.807) is 23.1 Å². The molecule has 0 radical (unpaired) electrons. The van der Waals surface area contributed by atoms with E-state index >= 15 is 0 Å². The highest BCUT2D eigenvalue weighted by Gasteiger charge is 2.30. The zero-order chi connectivity index (χ0) is 25.2. The van der Waals surface area contributed by atoms with Crippen molar-refractivity contribution in [3.05, 3.63) is 105 Å². The summed E-state index contributed by atoms with van der Waals surface area (Å²) in [4.78, 5) is 28.9.